The van der Waals surface area contributed by atoms with Crippen molar-refractivity contribution in [2.24, 2.45) is 0 Å². The monoisotopic (exact) mass is 287 g/mol. The highest BCUT2D eigenvalue weighted by atomic mass is 16.5. The van der Waals surface area contributed by atoms with E-state index in [0.717, 1.165) is 16.8 Å². The molecule has 1 heterocycles. The Morgan fingerprint density at radius 1 is 1.19 bits per heavy atom. The van der Waals surface area contributed by atoms with Crippen LogP contribution in [-0.2, 0) is 9.53 Å². The molecule has 110 valence electrons. The molecule has 0 radical (unpaired) electrons. The number of aryl methyl sites for hydroxylation is 2. The Bertz CT molecular complexity index is 626. The summed E-state index contributed by atoms with van der Waals surface area (Å²) in [5.74, 6) is -0.961. The van der Waals surface area contributed by atoms with Crippen LogP contribution in [0.3, 0.4) is 0 Å². The van der Waals surface area contributed by atoms with Gasteiger partial charge in [-0.05, 0) is 38.0 Å². The van der Waals surface area contributed by atoms with Gasteiger partial charge in [0, 0.05) is 5.69 Å². The number of esters is 1. The summed E-state index contributed by atoms with van der Waals surface area (Å²) in [6.07, 6.45) is 1.75. The minimum Gasteiger partial charge on any atom is -0.472 e. The maximum absolute atomic E-state index is 12.1. The maximum atomic E-state index is 12.1. The number of nitrogens with one attached hydrogen (secondary N) is 1. The van der Waals surface area contributed by atoms with Gasteiger partial charge in [0.05, 0.1) is 11.8 Å². The van der Waals surface area contributed by atoms with Crippen molar-refractivity contribution >= 4 is 17.6 Å². The fourth-order valence-corrected chi connectivity index (χ4v) is 1.90. The number of carbonyl (C=O) groups is 2. The third-order valence-corrected chi connectivity index (χ3v) is 3.14. The van der Waals surface area contributed by atoms with Crippen LogP contribution in [0.1, 0.15) is 28.4 Å². The first-order chi connectivity index (χ1) is 9.99. The second-order valence-corrected chi connectivity index (χ2v) is 4.82. The molecule has 5 heteroatoms. The average molecular weight is 287 g/mol. The van der Waals surface area contributed by atoms with Gasteiger partial charge < -0.3 is 14.5 Å². The van der Waals surface area contributed by atoms with Crippen LogP contribution in [0, 0.1) is 13.8 Å². The minimum absolute atomic E-state index is 0.279. The fraction of sp³-hybridized carbons (Fsp3) is 0.250. The van der Waals surface area contributed by atoms with Crippen molar-refractivity contribution in [1.82, 2.24) is 0 Å². The molecule has 0 aliphatic rings. The SMILES string of the molecule is Cc1cccc(C)c1NC(=O)C(C)OC(=O)c1ccoc1. The molecule has 0 saturated carbocycles. The molecule has 2 aromatic rings. The topological polar surface area (TPSA) is 68.5 Å². The van der Waals surface area contributed by atoms with Gasteiger partial charge in [0.15, 0.2) is 6.10 Å². The quantitative estimate of drug-likeness (QED) is 0.877. The number of amides is 1. The Balaban J connectivity index is 2.01. The van der Waals surface area contributed by atoms with Gasteiger partial charge in [0.1, 0.15) is 6.26 Å². The van der Waals surface area contributed by atoms with E-state index in [1.165, 1.54) is 25.5 Å². The summed E-state index contributed by atoms with van der Waals surface area (Å²) in [4.78, 5) is 23.9. The van der Waals surface area contributed by atoms with E-state index in [2.05, 4.69) is 5.32 Å². The van der Waals surface area contributed by atoms with Crippen LogP contribution in [0.2, 0.25) is 0 Å². The van der Waals surface area contributed by atoms with Crippen LogP contribution < -0.4 is 5.32 Å². The Kier molecular flexibility index (Phi) is 4.42. The second kappa shape index (κ2) is 6.26. The lowest BCUT2D eigenvalue weighted by atomic mass is 10.1. The van der Waals surface area contributed by atoms with Crippen molar-refractivity contribution < 1.29 is 18.7 Å². The van der Waals surface area contributed by atoms with Gasteiger partial charge >= 0.3 is 5.97 Å². The number of benzene rings is 1. The number of para-hydroxylation sites is 1. The zero-order valence-corrected chi connectivity index (χ0v) is 12.2. The number of rotatable bonds is 4. The first-order valence-electron chi connectivity index (χ1n) is 6.59. The summed E-state index contributed by atoms with van der Waals surface area (Å²) < 4.78 is 9.90. The molecule has 1 atom stereocenters. The second-order valence-electron chi connectivity index (χ2n) is 4.82. The van der Waals surface area contributed by atoms with Crippen molar-refractivity contribution in [3.8, 4) is 0 Å². The number of hydrogen-bond donors (Lipinski definition) is 1. The minimum atomic E-state index is -0.897. The van der Waals surface area contributed by atoms with Crippen molar-refractivity contribution in [3.05, 3.63) is 53.5 Å². The van der Waals surface area contributed by atoms with E-state index in [-0.39, 0.29) is 11.5 Å². The smallest absolute Gasteiger partial charge is 0.342 e. The molecular weight excluding hydrogens is 270 g/mol. The van der Waals surface area contributed by atoms with Crippen LogP contribution in [0.5, 0.6) is 0 Å². The molecule has 1 aromatic carbocycles. The molecule has 1 unspecified atom stereocenters. The lowest BCUT2D eigenvalue weighted by Crippen LogP contribution is -2.30. The highest BCUT2D eigenvalue weighted by Crippen LogP contribution is 2.20. The van der Waals surface area contributed by atoms with Gasteiger partial charge in [0.25, 0.3) is 5.91 Å². The Morgan fingerprint density at radius 3 is 2.43 bits per heavy atom. The molecule has 2 rings (SSSR count). The maximum Gasteiger partial charge on any atom is 0.342 e. The first-order valence-corrected chi connectivity index (χ1v) is 6.59. The molecule has 1 N–H and O–H groups in total. The summed E-state index contributed by atoms with van der Waals surface area (Å²) in [5.41, 5.74) is 2.93. The highest BCUT2D eigenvalue weighted by Gasteiger charge is 2.20. The van der Waals surface area contributed by atoms with Gasteiger partial charge in [-0.15, -0.1) is 0 Å². The van der Waals surface area contributed by atoms with E-state index in [1.54, 1.807) is 0 Å². The summed E-state index contributed by atoms with van der Waals surface area (Å²) in [6, 6.07) is 7.22. The molecule has 0 fully saturated rings. The molecular formula is C16H17NO4. The van der Waals surface area contributed by atoms with E-state index >= 15 is 0 Å². The van der Waals surface area contributed by atoms with Gasteiger partial charge in [-0.2, -0.15) is 0 Å². The fourth-order valence-electron chi connectivity index (χ4n) is 1.90. The molecule has 5 nitrogen and oxygen atoms in total. The van der Waals surface area contributed by atoms with E-state index in [4.69, 9.17) is 9.15 Å². The molecule has 1 amide bonds. The number of ether oxygens (including phenoxy) is 1. The van der Waals surface area contributed by atoms with Crippen molar-refractivity contribution in [3.63, 3.8) is 0 Å². The summed E-state index contributed by atoms with van der Waals surface area (Å²) in [5, 5.41) is 2.79. The third kappa shape index (κ3) is 3.51. The molecule has 0 spiro atoms. The van der Waals surface area contributed by atoms with Crippen molar-refractivity contribution in [1.29, 1.82) is 0 Å². The van der Waals surface area contributed by atoms with Crippen LogP contribution in [0.15, 0.2) is 41.2 Å². The number of anilines is 1. The lowest BCUT2D eigenvalue weighted by Gasteiger charge is -2.15. The largest absolute Gasteiger partial charge is 0.472 e. The van der Waals surface area contributed by atoms with Crippen LogP contribution >= 0.6 is 0 Å². The molecule has 21 heavy (non-hydrogen) atoms. The molecule has 0 aliphatic heterocycles. The van der Waals surface area contributed by atoms with E-state index in [1.807, 2.05) is 32.0 Å². The lowest BCUT2D eigenvalue weighted by molar-refractivity contribution is -0.123. The summed E-state index contributed by atoms with van der Waals surface area (Å²) in [6.45, 7) is 5.34. The Morgan fingerprint density at radius 2 is 1.86 bits per heavy atom. The van der Waals surface area contributed by atoms with Gasteiger partial charge in [0.2, 0.25) is 0 Å². The number of furan rings is 1. The van der Waals surface area contributed by atoms with Gasteiger partial charge in [-0.1, -0.05) is 18.2 Å². The molecule has 1 aromatic heterocycles. The standard InChI is InChI=1S/C16H17NO4/c1-10-5-4-6-11(2)14(10)17-15(18)12(3)21-16(19)13-7-8-20-9-13/h4-9,12H,1-3H3,(H,17,18). The third-order valence-electron chi connectivity index (χ3n) is 3.14. The van der Waals surface area contributed by atoms with Crippen LogP contribution in [0.4, 0.5) is 5.69 Å². The zero-order chi connectivity index (χ0) is 15.4. The van der Waals surface area contributed by atoms with Crippen LogP contribution in [-0.4, -0.2) is 18.0 Å². The normalized spacial score (nSPS) is 11.8. The number of carbonyl (C=O) groups excluding carboxylic acids is 2. The van der Waals surface area contributed by atoms with E-state index in [9.17, 15) is 9.59 Å². The van der Waals surface area contributed by atoms with Crippen LogP contribution in [0.25, 0.3) is 0 Å². The predicted molar refractivity (Wildman–Crippen MR) is 78.1 cm³/mol. The first kappa shape index (κ1) is 14.8. The van der Waals surface area contributed by atoms with Crippen molar-refractivity contribution in [2.45, 2.75) is 26.9 Å². The predicted octanol–water partition coefficient (Wildman–Crippen LogP) is 3.08. The highest BCUT2D eigenvalue weighted by molar-refractivity contribution is 5.98. The molecule has 0 bridgehead atoms. The average Bonchev–Trinajstić information content (AvgIpc) is 2.97. The number of hydrogen-bond acceptors (Lipinski definition) is 4. The van der Waals surface area contributed by atoms with E-state index in [0.29, 0.717) is 0 Å². The van der Waals surface area contributed by atoms with Crippen molar-refractivity contribution in [2.75, 3.05) is 5.32 Å². The zero-order valence-electron chi connectivity index (χ0n) is 12.2. The molecule has 0 aliphatic carbocycles. The summed E-state index contributed by atoms with van der Waals surface area (Å²) in [7, 11) is 0. The summed E-state index contributed by atoms with van der Waals surface area (Å²) >= 11 is 0. The molecule has 0 saturated heterocycles. The van der Waals surface area contributed by atoms with Gasteiger partial charge in [-0.25, -0.2) is 4.79 Å². The van der Waals surface area contributed by atoms with E-state index < -0.39 is 12.1 Å². The Labute approximate surface area is 122 Å². The van der Waals surface area contributed by atoms with Gasteiger partial charge in [-0.3, -0.25) is 4.79 Å². The Hall–Kier alpha value is -2.56.